The van der Waals surface area contributed by atoms with Gasteiger partial charge in [-0.25, -0.2) is 4.79 Å². The molecule has 0 saturated carbocycles. The maximum atomic E-state index is 11.6. The van der Waals surface area contributed by atoms with Crippen LogP contribution >= 0.6 is 12.6 Å². The highest BCUT2D eigenvalue weighted by Crippen LogP contribution is 2.13. The lowest BCUT2D eigenvalue weighted by atomic mass is 10.1. The second-order valence-electron chi connectivity index (χ2n) is 6.67. The second-order valence-corrected chi connectivity index (χ2v) is 7.12. The third-order valence-electron chi connectivity index (χ3n) is 4.30. The zero-order valence-electron chi connectivity index (χ0n) is 16.0. The van der Waals surface area contributed by atoms with E-state index in [-0.39, 0.29) is 25.7 Å². The fourth-order valence-corrected chi connectivity index (χ4v) is 2.94. The molecule has 1 aliphatic heterocycles. The van der Waals surface area contributed by atoms with Crippen molar-refractivity contribution in [3.8, 4) is 0 Å². The first-order valence-corrected chi connectivity index (χ1v) is 10.5. The minimum atomic E-state index is -0.787. The predicted molar refractivity (Wildman–Crippen MR) is 103 cm³/mol. The quantitative estimate of drug-likeness (QED) is 0.196. The molecule has 0 aromatic rings. The number of esters is 1. The van der Waals surface area contributed by atoms with Gasteiger partial charge in [-0.05, 0) is 18.6 Å². The maximum Gasteiger partial charge on any atom is 0.333 e. The predicted octanol–water partition coefficient (Wildman–Crippen LogP) is 3.36. The van der Waals surface area contributed by atoms with Crippen LogP contribution in [0.5, 0.6) is 0 Å². The lowest BCUT2D eigenvalue weighted by Gasteiger charge is -2.12. The van der Waals surface area contributed by atoms with Crippen LogP contribution in [0.4, 0.5) is 0 Å². The van der Waals surface area contributed by atoms with Crippen LogP contribution < -0.4 is 0 Å². The zero-order valence-corrected chi connectivity index (χ0v) is 16.8. The van der Waals surface area contributed by atoms with Crippen molar-refractivity contribution < 1.29 is 28.8 Å². The molecule has 0 N–H and O–H groups in total. The average Bonchev–Trinajstić information content (AvgIpc) is 2.96. The van der Waals surface area contributed by atoms with E-state index in [1.165, 1.54) is 38.5 Å². The minimum Gasteiger partial charge on any atom is -0.466 e. The molecule has 154 valence electrons. The smallest absolute Gasteiger partial charge is 0.333 e. The molecule has 0 aromatic carbocycles. The Kier molecular flexibility index (Phi) is 12.6. The van der Waals surface area contributed by atoms with Gasteiger partial charge in [-0.1, -0.05) is 44.9 Å². The van der Waals surface area contributed by atoms with Gasteiger partial charge in [0.2, 0.25) is 0 Å². The summed E-state index contributed by atoms with van der Waals surface area (Å²) in [4.78, 5) is 50.5. The van der Waals surface area contributed by atoms with E-state index in [1.807, 2.05) is 0 Å². The number of amides is 2. The molecule has 2 amide bonds. The van der Waals surface area contributed by atoms with Crippen LogP contribution in [0.15, 0.2) is 0 Å². The molecule has 1 rings (SSSR count). The van der Waals surface area contributed by atoms with Crippen molar-refractivity contribution in [3.63, 3.8) is 0 Å². The number of nitrogens with zero attached hydrogens (tertiary/aromatic N) is 1. The van der Waals surface area contributed by atoms with Crippen LogP contribution in [0.2, 0.25) is 0 Å². The molecule has 0 aliphatic carbocycles. The van der Waals surface area contributed by atoms with Gasteiger partial charge in [0.05, 0.1) is 19.4 Å². The fourth-order valence-electron chi connectivity index (χ4n) is 2.72. The maximum absolute atomic E-state index is 11.6. The first-order valence-electron chi connectivity index (χ1n) is 9.87. The Morgan fingerprint density at radius 3 is 1.81 bits per heavy atom. The summed E-state index contributed by atoms with van der Waals surface area (Å²) in [5, 5.41) is 0.480. The van der Waals surface area contributed by atoms with E-state index in [2.05, 4.69) is 17.5 Å². The molecule has 0 unspecified atom stereocenters. The normalized spacial score (nSPS) is 13.9. The molecule has 8 heteroatoms. The van der Waals surface area contributed by atoms with Crippen LogP contribution in [0.25, 0.3) is 0 Å². The molecule has 1 aliphatic rings. The van der Waals surface area contributed by atoms with Gasteiger partial charge in [0.15, 0.2) is 0 Å². The van der Waals surface area contributed by atoms with E-state index < -0.39 is 23.8 Å². The van der Waals surface area contributed by atoms with E-state index in [0.717, 1.165) is 25.0 Å². The number of ether oxygens (including phenoxy) is 1. The van der Waals surface area contributed by atoms with Gasteiger partial charge in [0.1, 0.15) is 0 Å². The SMILES string of the molecule is O=C(CCC(=O)ON1C(=O)CCC1=O)OCCCCCCCCCCCS. The zero-order chi connectivity index (χ0) is 19.9. The van der Waals surface area contributed by atoms with Crippen molar-refractivity contribution in [2.24, 2.45) is 0 Å². The molecule has 0 spiro atoms. The molecule has 0 atom stereocenters. The van der Waals surface area contributed by atoms with Gasteiger partial charge in [0, 0.05) is 12.8 Å². The van der Waals surface area contributed by atoms with E-state index in [4.69, 9.17) is 4.74 Å². The summed E-state index contributed by atoms with van der Waals surface area (Å²) in [5.41, 5.74) is 0. The van der Waals surface area contributed by atoms with Crippen LogP contribution in [-0.4, -0.2) is 41.2 Å². The molecule has 1 fully saturated rings. The summed E-state index contributed by atoms with van der Waals surface area (Å²) in [6.07, 6.45) is 10.2. The van der Waals surface area contributed by atoms with Gasteiger partial charge in [-0.3, -0.25) is 14.4 Å². The Labute approximate surface area is 166 Å². The van der Waals surface area contributed by atoms with Gasteiger partial charge in [0.25, 0.3) is 11.8 Å². The first-order chi connectivity index (χ1) is 13.0. The van der Waals surface area contributed by atoms with Crippen LogP contribution in [0.1, 0.15) is 83.5 Å². The molecule has 1 heterocycles. The monoisotopic (exact) mass is 401 g/mol. The van der Waals surface area contributed by atoms with Crippen molar-refractivity contribution in [2.45, 2.75) is 83.5 Å². The third-order valence-corrected chi connectivity index (χ3v) is 4.61. The van der Waals surface area contributed by atoms with Crippen molar-refractivity contribution in [2.75, 3.05) is 12.4 Å². The van der Waals surface area contributed by atoms with Crippen molar-refractivity contribution in [1.29, 1.82) is 0 Å². The van der Waals surface area contributed by atoms with Crippen molar-refractivity contribution >= 4 is 36.4 Å². The molecule has 0 bridgehead atoms. The number of hydrogen-bond donors (Lipinski definition) is 1. The number of thiol groups is 1. The number of rotatable bonds is 15. The highest BCUT2D eigenvalue weighted by molar-refractivity contribution is 7.80. The Morgan fingerprint density at radius 2 is 1.26 bits per heavy atom. The Balaban J connectivity index is 1.93. The minimum absolute atomic E-state index is 0.0459. The highest BCUT2D eigenvalue weighted by atomic mass is 32.1. The Hall–Kier alpha value is -1.57. The van der Waals surface area contributed by atoms with E-state index in [0.29, 0.717) is 11.7 Å². The summed E-state index contributed by atoms with van der Waals surface area (Å²) in [6, 6.07) is 0. The standard InChI is InChI=1S/C19H31NO6S/c21-16-10-11-17(22)20(16)26-19(24)13-12-18(23)25-14-8-6-4-2-1-3-5-7-9-15-27/h27H,1-15H2. The summed E-state index contributed by atoms with van der Waals surface area (Å²) in [7, 11) is 0. The number of carbonyl (C=O) groups is 4. The van der Waals surface area contributed by atoms with E-state index >= 15 is 0 Å². The summed E-state index contributed by atoms with van der Waals surface area (Å²) in [5.74, 6) is -1.36. The van der Waals surface area contributed by atoms with Gasteiger partial charge in [-0.2, -0.15) is 12.6 Å². The lowest BCUT2D eigenvalue weighted by Crippen LogP contribution is -2.32. The molecule has 7 nitrogen and oxygen atoms in total. The van der Waals surface area contributed by atoms with E-state index in [1.54, 1.807) is 0 Å². The Bertz CT molecular complexity index is 481. The van der Waals surface area contributed by atoms with Gasteiger partial charge >= 0.3 is 11.9 Å². The topological polar surface area (TPSA) is 90.0 Å². The molecule has 0 aromatic heterocycles. The molecular weight excluding hydrogens is 370 g/mol. The number of unbranched alkanes of at least 4 members (excludes halogenated alkanes) is 8. The summed E-state index contributed by atoms with van der Waals surface area (Å²) in [6.45, 7) is 0.346. The van der Waals surface area contributed by atoms with Crippen molar-refractivity contribution in [1.82, 2.24) is 5.06 Å². The van der Waals surface area contributed by atoms with Crippen LogP contribution in [0, 0.1) is 0 Å². The number of imide groups is 1. The highest BCUT2D eigenvalue weighted by Gasteiger charge is 2.32. The second kappa shape index (κ2) is 14.5. The molecular formula is C19H31NO6S. The number of carbonyl (C=O) groups excluding carboxylic acids is 4. The van der Waals surface area contributed by atoms with Gasteiger partial charge in [-0.15, -0.1) is 5.06 Å². The lowest BCUT2D eigenvalue weighted by molar-refractivity contribution is -0.197. The summed E-state index contributed by atoms with van der Waals surface area (Å²) >= 11 is 4.19. The van der Waals surface area contributed by atoms with Gasteiger partial charge < -0.3 is 9.57 Å². The number of hydrogen-bond acceptors (Lipinski definition) is 7. The first kappa shape index (κ1) is 23.5. The number of hydroxylamine groups is 2. The molecule has 1 saturated heterocycles. The van der Waals surface area contributed by atoms with Crippen LogP contribution in [0.3, 0.4) is 0 Å². The third kappa shape index (κ3) is 11.0. The Morgan fingerprint density at radius 1 is 0.778 bits per heavy atom. The molecule has 27 heavy (non-hydrogen) atoms. The molecule has 0 radical (unpaired) electrons. The van der Waals surface area contributed by atoms with Crippen molar-refractivity contribution in [3.05, 3.63) is 0 Å². The summed E-state index contributed by atoms with van der Waals surface area (Å²) < 4.78 is 5.08. The van der Waals surface area contributed by atoms with E-state index in [9.17, 15) is 19.2 Å². The largest absolute Gasteiger partial charge is 0.466 e. The van der Waals surface area contributed by atoms with Crippen LogP contribution in [-0.2, 0) is 28.8 Å². The average molecular weight is 402 g/mol. The fraction of sp³-hybridized carbons (Fsp3) is 0.789.